The number of hydrogen-bond donors (Lipinski definition) is 1. The Morgan fingerprint density at radius 1 is 1.11 bits per heavy atom. The first-order valence-electron chi connectivity index (χ1n) is 12.7. The number of nitrogens with zero attached hydrogens (tertiary/aromatic N) is 3. The molecule has 36 heavy (non-hydrogen) atoms. The van der Waals surface area contributed by atoms with E-state index >= 15 is 0 Å². The summed E-state index contributed by atoms with van der Waals surface area (Å²) in [4.78, 5) is 2.33. The van der Waals surface area contributed by atoms with Gasteiger partial charge in [-0.1, -0.05) is 18.2 Å². The summed E-state index contributed by atoms with van der Waals surface area (Å²) in [6.45, 7) is 5.32. The molecule has 1 saturated heterocycles. The van der Waals surface area contributed by atoms with Crippen LogP contribution in [0.1, 0.15) is 42.2 Å². The molecule has 1 atom stereocenters. The van der Waals surface area contributed by atoms with E-state index in [4.69, 9.17) is 18.3 Å². The summed E-state index contributed by atoms with van der Waals surface area (Å²) in [6.07, 6.45) is 3.82. The molecule has 2 aromatic carbocycles. The molecule has 2 aromatic heterocycles. The number of furan rings is 1. The molecule has 1 unspecified atom stereocenters. The average molecular weight is 490 g/mol. The van der Waals surface area contributed by atoms with Crippen LogP contribution in [0.15, 0.2) is 51.3 Å². The fourth-order valence-corrected chi connectivity index (χ4v) is 5.28. The van der Waals surface area contributed by atoms with Gasteiger partial charge in [0.1, 0.15) is 29.8 Å². The van der Waals surface area contributed by atoms with Gasteiger partial charge < -0.3 is 28.3 Å². The van der Waals surface area contributed by atoms with Gasteiger partial charge in [0.15, 0.2) is 5.76 Å². The summed E-state index contributed by atoms with van der Waals surface area (Å²) in [6, 6.07) is 14.2. The van der Waals surface area contributed by atoms with Crippen LogP contribution in [0.5, 0.6) is 11.5 Å². The smallest absolute Gasteiger partial charge is 0.283 e. The number of aliphatic hydroxyl groups excluding tert-OH is 1. The van der Waals surface area contributed by atoms with E-state index in [2.05, 4.69) is 33.3 Å². The van der Waals surface area contributed by atoms with E-state index < -0.39 is 6.10 Å². The zero-order chi connectivity index (χ0) is 24.5. The molecule has 8 nitrogen and oxygen atoms in total. The number of fused-ring (bicyclic) bond motifs is 2. The molecule has 1 N–H and O–H groups in total. The number of aliphatic hydroxyl groups is 1. The van der Waals surface area contributed by atoms with Gasteiger partial charge in [-0.2, -0.15) is 0 Å². The first-order chi connectivity index (χ1) is 17.6. The second-order valence-corrected chi connectivity index (χ2v) is 9.76. The standard InChI is InChI=1S/C28H31N3O5/c1-18-29-30-28(35-18)27-15-23-25(5-2-6-26(23)36-27)34-17-22(32)16-31-11-9-19(10-12-31)20-7-8-24-21(14-20)4-3-13-33-24/h2,5-8,14-15,19,22,32H,3-4,9-13,16-17H2,1H3. The largest absolute Gasteiger partial charge is 0.493 e. The molecule has 0 spiro atoms. The highest BCUT2D eigenvalue weighted by atomic mass is 16.5. The van der Waals surface area contributed by atoms with Crippen molar-refractivity contribution in [3.8, 4) is 23.1 Å². The number of piperidine rings is 1. The van der Waals surface area contributed by atoms with Crippen LogP contribution < -0.4 is 9.47 Å². The summed E-state index contributed by atoms with van der Waals surface area (Å²) in [7, 11) is 0. The van der Waals surface area contributed by atoms with Crippen LogP contribution in [0.4, 0.5) is 0 Å². The van der Waals surface area contributed by atoms with Gasteiger partial charge in [0.25, 0.3) is 5.89 Å². The van der Waals surface area contributed by atoms with Crippen LogP contribution in [0.3, 0.4) is 0 Å². The van der Waals surface area contributed by atoms with Gasteiger partial charge in [-0.05, 0) is 74.0 Å². The molecule has 2 aliphatic heterocycles. The molecule has 0 aliphatic carbocycles. The quantitative estimate of drug-likeness (QED) is 0.398. The number of ether oxygens (including phenoxy) is 2. The van der Waals surface area contributed by atoms with E-state index in [0.717, 1.165) is 56.5 Å². The number of aryl methyl sites for hydroxylation is 2. The maximum Gasteiger partial charge on any atom is 0.283 e. The Kier molecular flexibility index (Phi) is 6.37. The maximum absolute atomic E-state index is 10.7. The molecule has 6 rings (SSSR count). The molecule has 1 fully saturated rings. The Balaban J connectivity index is 1.03. The van der Waals surface area contributed by atoms with Gasteiger partial charge in [-0.15, -0.1) is 10.2 Å². The first kappa shape index (κ1) is 23.1. The third kappa shape index (κ3) is 4.83. The van der Waals surface area contributed by atoms with E-state index in [1.807, 2.05) is 24.3 Å². The van der Waals surface area contributed by atoms with Crippen molar-refractivity contribution in [1.82, 2.24) is 15.1 Å². The summed E-state index contributed by atoms with van der Waals surface area (Å²) >= 11 is 0. The topological polar surface area (TPSA) is 94.0 Å². The van der Waals surface area contributed by atoms with Crippen molar-refractivity contribution in [3.63, 3.8) is 0 Å². The number of aromatic nitrogens is 2. The predicted molar refractivity (Wildman–Crippen MR) is 134 cm³/mol. The van der Waals surface area contributed by atoms with Crippen molar-refractivity contribution in [2.45, 2.75) is 44.6 Å². The summed E-state index contributed by atoms with van der Waals surface area (Å²) < 4.78 is 23.1. The van der Waals surface area contributed by atoms with E-state index in [9.17, 15) is 5.11 Å². The van der Waals surface area contributed by atoms with Gasteiger partial charge in [-0.3, -0.25) is 0 Å². The molecule has 4 heterocycles. The lowest BCUT2D eigenvalue weighted by atomic mass is 9.87. The molecule has 4 aromatic rings. The lowest BCUT2D eigenvalue weighted by Crippen LogP contribution is -2.40. The number of β-amino-alcohol motifs (C(OH)–C–C–N with tert-alkyl or cyclic N) is 1. The Morgan fingerprint density at radius 2 is 2.00 bits per heavy atom. The van der Waals surface area contributed by atoms with E-state index in [-0.39, 0.29) is 6.61 Å². The number of rotatable bonds is 7. The third-order valence-electron chi connectivity index (χ3n) is 7.15. The van der Waals surface area contributed by atoms with E-state index in [0.29, 0.717) is 41.3 Å². The Bertz CT molecular complexity index is 1340. The third-order valence-corrected chi connectivity index (χ3v) is 7.15. The van der Waals surface area contributed by atoms with Crippen LogP contribution in [0.2, 0.25) is 0 Å². The molecular formula is C28H31N3O5. The molecule has 0 bridgehead atoms. The molecule has 8 heteroatoms. The number of likely N-dealkylation sites (tertiary alicyclic amines) is 1. The fraction of sp³-hybridized carbons (Fsp3) is 0.429. The highest BCUT2D eigenvalue weighted by Crippen LogP contribution is 2.34. The van der Waals surface area contributed by atoms with Crippen molar-refractivity contribution in [2.75, 3.05) is 32.8 Å². The Morgan fingerprint density at radius 3 is 2.83 bits per heavy atom. The van der Waals surface area contributed by atoms with Gasteiger partial charge in [0.2, 0.25) is 5.89 Å². The summed E-state index contributed by atoms with van der Waals surface area (Å²) in [5, 5.41) is 19.4. The lowest BCUT2D eigenvalue weighted by Gasteiger charge is -2.33. The summed E-state index contributed by atoms with van der Waals surface area (Å²) in [5.74, 6) is 3.59. The maximum atomic E-state index is 10.7. The van der Waals surface area contributed by atoms with Gasteiger partial charge in [0.05, 0.1) is 12.0 Å². The van der Waals surface area contributed by atoms with Crippen LogP contribution in [0, 0.1) is 6.92 Å². The first-order valence-corrected chi connectivity index (χ1v) is 12.7. The van der Waals surface area contributed by atoms with Gasteiger partial charge >= 0.3 is 0 Å². The zero-order valence-electron chi connectivity index (χ0n) is 20.5. The minimum atomic E-state index is -0.581. The van der Waals surface area contributed by atoms with Crippen molar-refractivity contribution >= 4 is 11.0 Å². The van der Waals surface area contributed by atoms with Crippen molar-refractivity contribution in [2.24, 2.45) is 0 Å². The van der Waals surface area contributed by atoms with Crippen molar-refractivity contribution in [1.29, 1.82) is 0 Å². The van der Waals surface area contributed by atoms with Crippen LogP contribution >= 0.6 is 0 Å². The fourth-order valence-electron chi connectivity index (χ4n) is 5.28. The van der Waals surface area contributed by atoms with Crippen molar-refractivity contribution in [3.05, 3.63) is 59.5 Å². The Labute approximate surface area is 209 Å². The molecule has 0 amide bonds. The molecule has 188 valence electrons. The number of hydrogen-bond acceptors (Lipinski definition) is 8. The Hall–Kier alpha value is -3.36. The molecule has 2 aliphatic rings. The van der Waals surface area contributed by atoms with Crippen molar-refractivity contribution < 1.29 is 23.4 Å². The average Bonchev–Trinajstić information content (AvgIpc) is 3.54. The highest BCUT2D eigenvalue weighted by molar-refractivity contribution is 5.87. The van der Waals surface area contributed by atoms with Crippen LogP contribution in [-0.4, -0.2) is 59.2 Å². The summed E-state index contributed by atoms with van der Waals surface area (Å²) in [5.41, 5.74) is 3.44. The van der Waals surface area contributed by atoms with Crippen LogP contribution in [0.25, 0.3) is 22.6 Å². The second kappa shape index (κ2) is 9.95. The monoisotopic (exact) mass is 489 g/mol. The van der Waals surface area contributed by atoms with E-state index in [1.165, 1.54) is 11.1 Å². The van der Waals surface area contributed by atoms with Gasteiger partial charge in [-0.25, -0.2) is 0 Å². The molecule has 0 radical (unpaired) electrons. The predicted octanol–water partition coefficient (Wildman–Crippen LogP) is 4.74. The molecule has 0 saturated carbocycles. The SMILES string of the molecule is Cc1nnc(-c2cc3c(OCC(O)CN4CCC(c5ccc6c(c5)CCCO6)CC4)cccc3o2)o1. The van der Waals surface area contributed by atoms with E-state index in [1.54, 1.807) is 6.92 Å². The van der Waals surface area contributed by atoms with Crippen LogP contribution in [-0.2, 0) is 6.42 Å². The van der Waals surface area contributed by atoms with Gasteiger partial charge in [0, 0.05) is 19.5 Å². The normalized spacial score (nSPS) is 17.6. The minimum absolute atomic E-state index is 0.212. The minimum Gasteiger partial charge on any atom is -0.493 e. The number of benzene rings is 2. The lowest BCUT2D eigenvalue weighted by molar-refractivity contribution is 0.0599. The molecular weight excluding hydrogens is 458 g/mol. The highest BCUT2D eigenvalue weighted by Gasteiger charge is 2.24. The second-order valence-electron chi connectivity index (χ2n) is 9.76. The zero-order valence-corrected chi connectivity index (χ0v) is 20.5.